The van der Waals surface area contributed by atoms with Gasteiger partial charge in [0.1, 0.15) is 5.75 Å². The van der Waals surface area contributed by atoms with Crippen LogP contribution in [0.15, 0.2) is 24.3 Å². The summed E-state index contributed by atoms with van der Waals surface area (Å²) in [4.78, 5) is 13.1. The number of amides is 1. The molecule has 1 amide bonds. The second-order valence-corrected chi connectivity index (χ2v) is 5.52. The molecule has 1 aromatic carbocycles. The van der Waals surface area contributed by atoms with Gasteiger partial charge in [-0.2, -0.15) is 0 Å². The molecule has 1 N–H and O–H groups in total. The van der Waals surface area contributed by atoms with E-state index in [-0.39, 0.29) is 5.92 Å². The van der Waals surface area contributed by atoms with E-state index in [1.54, 1.807) is 7.05 Å². The standard InChI is InChI=1S/C15H19NO3/c1-16(14(17)18)15-9-5-4-6-11(15)10-19-13-8-3-2-7-12(13)15/h2-3,7-8,11H,4-6,9-10H2,1H3,(H,17,18). The van der Waals surface area contributed by atoms with E-state index in [9.17, 15) is 9.90 Å². The number of rotatable bonds is 1. The normalized spacial score (nSPS) is 28.8. The number of hydrogen-bond acceptors (Lipinski definition) is 2. The summed E-state index contributed by atoms with van der Waals surface area (Å²) >= 11 is 0. The van der Waals surface area contributed by atoms with Crippen LogP contribution in [-0.4, -0.2) is 29.8 Å². The molecule has 2 unspecified atom stereocenters. The highest BCUT2D eigenvalue weighted by molar-refractivity contribution is 5.67. The van der Waals surface area contributed by atoms with Crippen molar-refractivity contribution < 1.29 is 14.6 Å². The SMILES string of the molecule is CN(C(=O)O)C12CCCCC1COc1ccccc12. The second kappa shape index (κ2) is 4.44. The maximum atomic E-state index is 11.5. The van der Waals surface area contributed by atoms with E-state index < -0.39 is 11.6 Å². The van der Waals surface area contributed by atoms with Gasteiger partial charge in [-0.15, -0.1) is 0 Å². The van der Waals surface area contributed by atoms with Crippen molar-refractivity contribution in [1.29, 1.82) is 0 Å². The maximum Gasteiger partial charge on any atom is 0.407 e. The summed E-state index contributed by atoms with van der Waals surface area (Å²) in [6.07, 6.45) is 3.30. The van der Waals surface area contributed by atoms with Gasteiger partial charge in [0, 0.05) is 18.5 Å². The molecule has 1 heterocycles. The minimum absolute atomic E-state index is 0.261. The van der Waals surface area contributed by atoms with Gasteiger partial charge in [0.2, 0.25) is 0 Å². The van der Waals surface area contributed by atoms with E-state index in [2.05, 4.69) is 0 Å². The number of para-hydroxylation sites is 1. The van der Waals surface area contributed by atoms with Gasteiger partial charge in [0.15, 0.2) is 0 Å². The summed E-state index contributed by atoms with van der Waals surface area (Å²) in [6, 6.07) is 7.87. The lowest BCUT2D eigenvalue weighted by Crippen LogP contribution is -2.56. The Labute approximate surface area is 113 Å². The largest absolute Gasteiger partial charge is 0.493 e. The van der Waals surface area contributed by atoms with Crippen LogP contribution in [-0.2, 0) is 5.54 Å². The number of carbonyl (C=O) groups is 1. The van der Waals surface area contributed by atoms with Gasteiger partial charge in [0.25, 0.3) is 0 Å². The molecule has 19 heavy (non-hydrogen) atoms. The molecule has 1 aliphatic heterocycles. The molecule has 3 rings (SSSR count). The molecular formula is C15H19NO3. The lowest BCUT2D eigenvalue weighted by atomic mass is 9.67. The van der Waals surface area contributed by atoms with Crippen LogP contribution >= 0.6 is 0 Å². The maximum absolute atomic E-state index is 11.5. The Bertz CT molecular complexity index is 502. The van der Waals surface area contributed by atoms with Crippen molar-refractivity contribution in [1.82, 2.24) is 4.90 Å². The van der Waals surface area contributed by atoms with Gasteiger partial charge in [-0.25, -0.2) is 4.79 Å². The molecule has 0 spiro atoms. The summed E-state index contributed by atoms with van der Waals surface area (Å²) < 4.78 is 5.83. The van der Waals surface area contributed by atoms with Crippen LogP contribution in [0.2, 0.25) is 0 Å². The molecule has 0 saturated heterocycles. The van der Waals surface area contributed by atoms with Crippen molar-refractivity contribution in [2.24, 2.45) is 5.92 Å². The smallest absolute Gasteiger partial charge is 0.407 e. The van der Waals surface area contributed by atoms with Gasteiger partial charge < -0.3 is 14.7 Å². The molecule has 1 fully saturated rings. The van der Waals surface area contributed by atoms with Gasteiger partial charge in [0.05, 0.1) is 12.1 Å². The quantitative estimate of drug-likeness (QED) is 0.845. The first-order valence-electron chi connectivity index (χ1n) is 6.85. The lowest BCUT2D eigenvalue weighted by molar-refractivity contribution is -0.0165. The molecule has 4 heteroatoms. The van der Waals surface area contributed by atoms with E-state index in [1.165, 1.54) is 4.90 Å². The molecule has 0 bridgehead atoms. The molecule has 1 aromatic rings. The number of benzene rings is 1. The molecule has 4 nitrogen and oxygen atoms in total. The van der Waals surface area contributed by atoms with Crippen molar-refractivity contribution >= 4 is 6.09 Å². The molecule has 0 radical (unpaired) electrons. The van der Waals surface area contributed by atoms with Crippen molar-refractivity contribution in [2.75, 3.05) is 13.7 Å². The van der Waals surface area contributed by atoms with Crippen LogP contribution in [0, 0.1) is 5.92 Å². The average Bonchev–Trinajstić information content (AvgIpc) is 2.46. The van der Waals surface area contributed by atoms with Gasteiger partial charge >= 0.3 is 6.09 Å². The Morgan fingerprint density at radius 2 is 2.21 bits per heavy atom. The van der Waals surface area contributed by atoms with Crippen molar-refractivity contribution in [2.45, 2.75) is 31.2 Å². The van der Waals surface area contributed by atoms with E-state index in [4.69, 9.17) is 4.74 Å². The molecule has 1 aliphatic carbocycles. The number of carboxylic acid groups (broad SMARTS) is 1. The average molecular weight is 261 g/mol. The van der Waals surface area contributed by atoms with Crippen LogP contribution in [0.5, 0.6) is 5.75 Å². The minimum atomic E-state index is -0.858. The molecule has 0 aromatic heterocycles. The van der Waals surface area contributed by atoms with Gasteiger partial charge in [-0.3, -0.25) is 0 Å². The Hall–Kier alpha value is -1.71. The molecule has 1 saturated carbocycles. The van der Waals surface area contributed by atoms with Crippen molar-refractivity contribution in [3.05, 3.63) is 29.8 Å². The van der Waals surface area contributed by atoms with Crippen LogP contribution in [0.25, 0.3) is 0 Å². The number of ether oxygens (including phenoxy) is 1. The third-order valence-electron chi connectivity index (χ3n) is 4.71. The van der Waals surface area contributed by atoms with Crippen LogP contribution in [0.4, 0.5) is 4.79 Å². The predicted molar refractivity (Wildman–Crippen MR) is 71.4 cm³/mol. The number of fused-ring (bicyclic) bond motifs is 3. The molecule has 102 valence electrons. The van der Waals surface area contributed by atoms with Gasteiger partial charge in [-0.05, 0) is 18.9 Å². The highest BCUT2D eigenvalue weighted by atomic mass is 16.5. The fourth-order valence-electron chi connectivity index (χ4n) is 3.74. The Morgan fingerprint density at radius 3 is 3.00 bits per heavy atom. The second-order valence-electron chi connectivity index (χ2n) is 5.52. The summed E-state index contributed by atoms with van der Waals surface area (Å²) in [5, 5.41) is 9.48. The monoisotopic (exact) mass is 261 g/mol. The highest BCUT2D eigenvalue weighted by Gasteiger charge is 2.51. The zero-order valence-corrected chi connectivity index (χ0v) is 11.1. The first-order valence-corrected chi connectivity index (χ1v) is 6.85. The Kier molecular flexibility index (Phi) is 2.88. The van der Waals surface area contributed by atoms with Crippen LogP contribution < -0.4 is 4.74 Å². The summed E-state index contributed by atoms with van der Waals surface area (Å²) in [7, 11) is 1.70. The fourth-order valence-corrected chi connectivity index (χ4v) is 3.74. The minimum Gasteiger partial charge on any atom is -0.493 e. The Balaban J connectivity index is 2.16. The first kappa shape index (κ1) is 12.3. The van der Waals surface area contributed by atoms with E-state index in [1.807, 2.05) is 24.3 Å². The lowest BCUT2D eigenvalue weighted by Gasteiger charge is -2.51. The van der Waals surface area contributed by atoms with E-state index in [0.29, 0.717) is 6.61 Å². The number of hydrogen-bond donors (Lipinski definition) is 1. The van der Waals surface area contributed by atoms with Crippen LogP contribution in [0.1, 0.15) is 31.2 Å². The summed E-state index contributed by atoms with van der Waals surface area (Å²) in [6.45, 7) is 0.620. The van der Waals surface area contributed by atoms with Crippen molar-refractivity contribution in [3.8, 4) is 5.75 Å². The molecule has 2 atom stereocenters. The molecular weight excluding hydrogens is 242 g/mol. The first-order chi connectivity index (χ1) is 9.16. The summed E-state index contributed by atoms with van der Waals surface area (Å²) in [5.41, 5.74) is 0.634. The van der Waals surface area contributed by atoms with Gasteiger partial charge in [-0.1, -0.05) is 31.0 Å². The number of nitrogens with zero attached hydrogens (tertiary/aromatic N) is 1. The zero-order chi connectivity index (χ0) is 13.5. The summed E-state index contributed by atoms with van der Waals surface area (Å²) in [5.74, 6) is 1.10. The predicted octanol–water partition coefficient (Wildman–Crippen LogP) is 3.07. The molecule has 2 aliphatic rings. The van der Waals surface area contributed by atoms with E-state index in [0.717, 1.165) is 37.0 Å². The Morgan fingerprint density at radius 1 is 1.42 bits per heavy atom. The highest BCUT2D eigenvalue weighted by Crippen LogP contribution is 2.51. The fraction of sp³-hybridized carbons (Fsp3) is 0.533. The third-order valence-corrected chi connectivity index (χ3v) is 4.71. The van der Waals surface area contributed by atoms with Crippen LogP contribution in [0.3, 0.4) is 0 Å². The third kappa shape index (κ3) is 1.70. The topological polar surface area (TPSA) is 49.8 Å². The zero-order valence-electron chi connectivity index (χ0n) is 11.1. The van der Waals surface area contributed by atoms with Crippen molar-refractivity contribution in [3.63, 3.8) is 0 Å². The van der Waals surface area contributed by atoms with E-state index >= 15 is 0 Å².